The van der Waals surface area contributed by atoms with Gasteiger partial charge in [0, 0.05) is 0 Å². The topological polar surface area (TPSA) is 104 Å². The Morgan fingerprint density at radius 1 is 1.27 bits per heavy atom. The minimum Gasteiger partial charge on any atom is -0.225 e. The molecule has 0 atom stereocenters. The Morgan fingerprint density at radius 3 is 2.60 bits per heavy atom. The maximum atomic E-state index is 11.2. The lowest BCUT2D eigenvalue weighted by molar-refractivity contribution is 0.596. The molecule has 78 valence electrons. The van der Waals surface area contributed by atoms with E-state index in [4.69, 9.17) is 5.14 Å². The highest BCUT2D eigenvalue weighted by Crippen LogP contribution is 2.16. The van der Waals surface area contributed by atoms with E-state index < -0.39 is 10.0 Å². The fourth-order valence-electron chi connectivity index (χ4n) is 1.16. The van der Waals surface area contributed by atoms with E-state index in [1.807, 2.05) is 0 Å². The summed E-state index contributed by atoms with van der Waals surface area (Å²) in [5.74, 6) is 0. The van der Waals surface area contributed by atoms with Crippen LogP contribution in [0.2, 0.25) is 0 Å². The predicted octanol–water partition coefficient (Wildman–Crippen LogP) is -0.690. The molecule has 0 unspecified atom stereocenters. The summed E-state index contributed by atoms with van der Waals surface area (Å²) in [6.07, 6.45) is 1.30. The Morgan fingerprint density at radius 2 is 2.00 bits per heavy atom. The standard InChI is InChI=1S/C7H7N5O2S/c8-15(13,14)7-4-2-1-3-6(7)12-5-9-10-11-12/h1-5H,(H2,8,13,14). The molecule has 0 radical (unpaired) electrons. The van der Waals surface area contributed by atoms with Crippen LogP contribution in [0.5, 0.6) is 0 Å². The summed E-state index contributed by atoms with van der Waals surface area (Å²) in [5, 5.41) is 15.5. The van der Waals surface area contributed by atoms with Gasteiger partial charge in [0.2, 0.25) is 10.0 Å². The van der Waals surface area contributed by atoms with Crippen LogP contribution < -0.4 is 5.14 Å². The first kappa shape index (κ1) is 9.74. The molecule has 1 aromatic heterocycles. The van der Waals surface area contributed by atoms with Crippen molar-refractivity contribution in [3.05, 3.63) is 30.6 Å². The van der Waals surface area contributed by atoms with Crippen LogP contribution in [0, 0.1) is 0 Å². The SMILES string of the molecule is NS(=O)(=O)c1ccccc1-n1cnnn1. The van der Waals surface area contributed by atoms with Crippen LogP contribution in [0.3, 0.4) is 0 Å². The monoisotopic (exact) mass is 225 g/mol. The van der Waals surface area contributed by atoms with Crippen LogP contribution >= 0.6 is 0 Å². The summed E-state index contributed by atoms with van der Waals surface area (Å²) >= 11 is 0. The number of tetrazole rings is 1. The fraction of sp³-hybridized carbons (Fsp3) is 0. The highest BCUT2D eigenvalue weighted by Gasteiger charge is 2.14. The van der Waals surface area contributed by atoms with Gasteiger partial charge >= 0.3 is 0 Å². The van der Waals surface area contributed by atoms with Crippen LogP contribution in [0.4, 0.5) is 0 Å². The number of hydrogen-bond donors (Lipinski definition) is 1. The Labute approximate surface area is 85.6 Å². The number of nitrogens with two attached hydrogens (primary N) is 1. The Bertz CT molecular complexity index is 563. The van der Waals surface area contributed by atoms with E-state index in [2.05, 4.69) is 15.5 Å². The van der Waals surface area contributed by atoms with E-state index >= 15 is 0 Å². The molecule has 1 aromatic carbocycles. The lowest BCUT2D eigenvalue weighted by Gasteiger charge is -2.04. The third kappa shape index (κ3) is 1.85. The number of aromatic nitrogens is 4. The van der Waals surface area contributed by atoms with Gasteiger partial charge in [-0.25, -0.2) is 13.6 Å². The van der Waals surface area contributed by atoms with Crippen LogP contribution in [0.1, 0.15) is 0 Å². The van der Waals surface area contributed by atoms with E-state index in [1.54, 1.807) is 18.2 Å². The van der Waals surface area contributed by atoms with E-state index in [-0.39, 0.29) is 4.90 Å². The van der Waals surface area contributed by atoms with Gasteiger partial charge in [0.05, 0.1) is 5.69 Å². The lowest BCUT2D eigenvalue weighted by atomic mass is 10.3. The molecule has 0 aliphatic heterocycles. The zero-order valence-corrected chi connectivity index (χ0v) is 8.29. The van der Waals surface area contributed by atoms with Gasteiger partial charge in [-0.1, -0.05) is 12.1 Å². The molecule has 8 heteroatoms. The molecule has 0 fully saturated rings. The highest BCUT2D eigenvalue weighted by molar-refractivity contribution is 7.89. The third-order valence-electron chi connectivity index (χ3n) is 1.77. The maximum Gasteiger partial charge on any atom is 0.240 e. The van der Waals surface area contributed by atoms with Crippen molar-refractivity contribution in [2.45, 2.75) is 4.90 Å². The third-order valence-corrected chi connectivity index (χ3v) is 2.73. The first-order valence-corrected chi connectivity index (χ1v) is 5.49. The zero-order valence-electron chi connectivity index (χ0n) is 7.48. The quantitative estimate of drug-likeness (QED) is 0.728. The molecular formula is C7H7N5O2S. The number of sulfonamides is 1. The van der Waals surface area contributed by atoms with Gasteiger partial charge in [0.1, 0.15) is 11.2 Å². The first-order chi connectivity index (χ1) is 7.09. The Kier molecular flexibility index (Phi) is 2.21. The van der Waals surface area contributed by atoms with Crippen molar-refractivity contribution in [3.8, 4) is 5.69 Å². The van der Waals surface area contributed by atoms with Crippen molar-refractivity contribution < 1.29 is 8.42 Å². The molecule has 0 saturated carbocycles. The molecule has 0 amide bonds. The molecule has 0 aliphatic rings. The molecule has 1 heterocycles. The number of primary sulfonamides is 1. The summed E-state index contributed by atoms with van der Waals surface area (Å²) < 4.78 is 23.7. The van der Waals surface area contributed by atoms with Gasteiger partial charge in [0.15, 0.2) is 0 Å². The Hall–Kier alpha value is -1.80. The molecular weight excluding hydrogens is 218 g/mol. The zero-order chi connectivity index (χ0) is 10.9. The van der Waals surface area contributed by atoms with E-state index in [1.165, 1.54) is 17.1 Å². The summed E-state index contributed by atoms with van der Waals surface area (Å²) in [4.78, 5) is -0.0164. The van der Waals surface area contributed by atoms with Gasteiger partial charge in [-0.15, -0.1) is 5.10 Å². The summed E-state index contributed by atoms with van der Waals surface area (Å²) in [7, 11) is -3.78. The minimum absolute atomic E-state index is 0.0164. The highest BCUT2D eigenvalue weighted by atomic mass is 32.2. The smallest absolute Gasteiger partial charge is 0.225 e. The maximum absolute atomic E-state index is 11.2. The van der Waals surface area contributed by atoms with Gasteiger partial charge in [-0.05, 0) is 22.6 Å². The second kappa shape index (κ2) is 3.41. The molecule has 2 aromatic rings. The normalized spacial score (nSPS) is 11.5. The summed E-state index contributed by atoms with van der Waals surface area (Å²) in [6.45, 7) is 0. The number of rotatable bonds is 2. The minimum atomic E-state index is -3.78. The van der Waals surface area contributed by atoms with Crippen molar-refractivity contribution in [3.63, 3.8) is 0 Å². The first-order valence-electron chi connectivity index (χ1n) is 3.94. The summed E-state index contributed by atoms with van der Waals surface area (Å²) in [5.41, 5.74) is 0.324. The average molecular weight is 225 g/mol. The van der Waals surface area contributed by atoms with Crippen LogP contribution in [0.25, 0.3) is 5.69 Å². The molecule has 7 nitrogen and oxygen atoms in total. The van der Waals surface area contributed by atoms with Crippen molar-refractivity contribution in [1.82, 2.24) is 20.2 Å². The van der Waals surface area contributed by atoms with Crippen LogP contribution in [-0.4, -0.2) is 28.6 Å². The summed E-state index contributed by atoms with van der Waals surface area (Å²) in [6, 6.07) is 6.21. The second-order valence-electron chi connectivity index (χ2n) is 2.77. The van der Waals surface area contributed by atoms with Gasteiger partial charge < -0.3 is 0 Å². The second-order valence-corrected chi connectivity index (χ2v) is 4.30. The van der Waals surface area contributed by atoms with Gasteiger partial charge in [0.25, 0.3) is 0 Å². The van der Waals surface area contributed by atoms with E-state index in [0.29, 0.717) is 5.69 Å². The van der Waals surface area contributed by atoms with Gasteiger partial charge in [-0.2, -0.15) is 4.68 Å². The molecule has 0 spiro atoms. The molecule has 2 N–H and O–H groups in total. The molecule has 0 bridgehead atoms. The molecule has 0 aliphatic carbocycles. The Balaban J connectivity index is 2.68. The van der Waals surface area contributed by atoms with E-state index in [0.717, 1.165) is 0 Å². The van der Waals surface area contributed by atoms with E-state index in [9.17, 15) is 8.42 Å². The molecule has 0 saturated heterocycles. The number of para-hydroxylation sites is 1. The van der Waals surface area contributed by atoms with Crippen LogP contribution in [0.15, 0.2) is 35.5 Å². The average Bonchev–Trinajstić information content (AvgIpc) is 2.69. The number of hydrogen-bond acceptors (Lipinski definition) is 5. The van der Waals surface area contributed by atoms with Crippen molar-refractivity contribution in [2.75, 3.05) is 0 Å². The number of nitrogens with zero attached hydrogens (tertiary/aromatic N) is 4. The predicted molar refractivity (Wildman–Crippen MR) is 50.5 cm³/mol. The molecule has 2 rings (SSSR count). The van der Waals surface area contributed by atoms with Crippen molar-refractivity contribution in [2.24, 2.45) is 5.14 Å². The van der Waals surface area contributed by atoms with Crippen molar-refractivity contribution >= 4 is 10.0 Å². The fourth-order valence-corrected chi connectivity index (χ4v) is 1.88. The van der Waals surface area contributed by atoms with Crippen molar-refractivity contribution in [1.29, 1.82) is 0 Å². The van der Waals surface area contributed by atoms with Gasteiger partial charge in [-0.3, -0.25) is 0 Å². The number of benzene rings is 1. The lowest BCUT2D eigenvalue weighted by Crippen LogP contribution is -2.15. The largest absolute Gasteiger partial charge is 0.240 e. The molecule has 15 heavy (non-hydrogen) atoms. The van der Waals surface area contributed by atoms with Crippen LogP contribution in [-0.2, 0) is 10.0 Å².